The number of hydrogen-bond acceptors (Lipinski definition) is 3. The van der Waals surface area contributed by atoms with E-state index >= 15 is 0 Å². The van der Waals surface area contributed by atoms with Crippen molar-refractivity contribution in [1.82, 2.24) is 5.32 Å². The zero-order chi connectivity index (χ0) is 13.0. The molecular weight excluding hydrogens is 226 g/mol. The van der Waals surface area contributed by atoms with Gasteiger partial charge in [0.2, 0.25) is 6.79 Å². The van der Waals surface area contributed by atoms with Crippen molar-refractivity contribution < 1.29 is 9.47 Å². The maximum atomic E-state index is 5.52. The number of rotatable bonds is 3. The van der Waals surface area contributed by atoms with Gasteiger partial charge in [0.25, 0.3) is 0 Å². The van der Waals surface area contributed by atoms with Crippen LogP contribution in [0.5, 0.6) is 11.5 Å². The van der Waals surface area contributed by atoms with Crippen molar-refractivity contribution in [2.24, 2.45) is 10.8 Å². The van der Waals surface area contributed by atoms with E-state index in [4.69, 9.17) is 9.47 Å². The Labute approximate surface area is 108 Å². The van der Waals surface area contributed by atoms with Gasteiger partial charge in [-0.3, -0.25) is 0 Å². The van der Waals surface area contributed by atoms with E-state index in [1.165, 1.54) is 5.56 Å². The average Bonchev–Trinajstić information content (AvgIpc) is 2.71. The standard InChI is InChI=1S/C15H21NO2/c1-14(2)13(15(14,3)4)16-8-10-6-5-7-11-12(10)18-9-17-11/h5-7,13,16H,8-9H2,1-4H3. The molecule has 1 aromatic carbocycles. The summed E-state index contributed by atoms with van der Waals surface area (Å²) < 4.78 is 10.9. The molecule has 2 aliphatic rings. The summed E-state index contributed by atoms with van der Waals surface area (Å²) in [6.07, 6.45) is 0. The van der Waals surface area contributed by atoms with Crippen molar-refractivity contribution >= 4 is 0 Å². The highest BCUT2D eigenvalue weighted by molar-refractivity contribution is 5.48. The molecule has 3 rings (SSSR count). The van der Waals surface area contributed by atoms with Crippen LogP contribution in [0, 0.1) is 10.8 Å². The average molecular weight is 247 g/mol. The molecule has 0 spiro atoms. The molecule has 1 heterocycles. The number of fused-ring (bicyclic) bond motifs is 1. The molecule has 0 saturated heterocycles. The van der Waals surface area contributed by atoms with Crippen molar-refractivity contribution in [3.63, 3.8) is 0 Å². The van der Waals surface area contributed by atoms with E-state index in [2.05, 4.69) is 39.1 Å². The van der Waals surface area contributed by atoms with Gasteiger partial charge in [0.05, 0.1) is 0 Å². The zero-order valence-corrected chi connectivity index (χ0v) is 11.5. The molecule has 1 N–H and O–H groups in total. The molecule has 3 nitrogen and oxygen atoms in total. The Morgan fingerprint density at radius 2 is 1.89 bits per heavy atom. The maximum absolute atomic E-state index is 5.52. The normalized spacial score (nSPS) is 23.1. The Bertz CT molecular complexity index is 465. The lowest BCUT2D eigenvalue weighted by molar-refractivity contribution is 0.173. The molecule has 0 amide bonds. The second-order valence-electron chi connectivity index (χ2n) is 6.41. The van der Waals surface area contributed by atoms with Crippen molar-refractivity contribution in [2.75, 3.05) is 6.79 Å². The molecular formula is C15H21NO2. The molecule has 0 unspecified atom stereocenters. The van der Waals surface area contributed by atoms with Gasteiger partial charge in [0, 0.05) is 18.2 Å². The van der Waals surface area contributed by atoms with Crippen molar-refractivity contribution in [3.8, 4) is 11.5 Å². The first-order valence-electron chi connectivity index (χ1n) is 6.55. The third-order valence-corrected chi connectivity index (χ3v) is 5.00. The topological polar surface area (TPSA) is 30.5 Å². The van der Waals surface area contributed by atoms with Crippen LogP contribution in [0.2, 0.25) is 0 Å². The van der Waals surface area contributed by atoms with Crippen LogP contribution in [-0.2, 0) is 6.54 Å². The quantitative estimate of drug-likeness (QED) is 0.890. The second kappa shape index (κ2) is 3.64. The fourth-order valence-electron chi connectivity index (χ4n) is 3.05. The summed E-state index contributed by atoms with van der Waals surface area (Å²) >= 11 is 0. The van der Waals surface area contributed by atoms with Gasteiger partial charge in [-0.2, -0.15) is 0 Å². The molecule has 1 aliphatic heterocycles. The first-order valence-corrected chi connectivity index (χ1v) is 6.55. The van der Waals surface area contributed by atoms with Gasteiger partial charge in [-0.05, 0) is 16.9 Å². The monoisotopic (exact) mass is 247 g/mol. The summed E-state index contributed by atoms with van der Waals surface area (Å²) in [6, 6.07) is 6.64. The van der Waals surface area contributed by atoms with Gasteiger partial charge in [0.15, 0.2) is 11.5 Å². The van der Waals surface area contributed by atoms with Crippen LogP contribution in [0.25, 0.3) is 0 Å². The second-order valence-corrected chi connectivity index (χ2v) is 6.41. The minimum Gasteiger partial charge on any atom is -0.454 e. The molecule has 0 bridgehead atoms. The summed E-state index contributed by atoms with van der Waals surface area (Å²) in [5, 5.41) is 3.65. The van der Waals surface area contributed by atoms with E-state index in [9.17, 15) is 0 Å². The van der Waals surface area contributed by atoms with Crippen LogP contribution in [0.4, 0.5) is 0 Å². The van der Waals surface area contributed by atoms with E-state index in [-0.39, 0.29) is 0 Å². The van der Waals surface area contributed by atoms with Crippen molar-refractivity contribution in [3.05, 3.63) is 23.8 Å². The van der Waals surface area contributed by atoms with Gasteiger partial charge in [0.1, 0.15) is 0 Å². The lowest BCUT2D eigenvalue weighted by atomic mass is 10.0. The summed E-state index contributed by atoms with van der Waals surface area (Å²) in [7, 11) is 0. The molecule has 1 aliphatic carbocycles. The molecule has 18 heavy (non-hydrogen) atoms. The van der Waals surface area contributed by atoms with Crippen molar-refractivity contribution in [1.29, 1.82) is 0 Å². The fourth-order valence-corrected chi connectivity index (χ4v) is 3.05. The van der Waals surface area contributed by atoms with Gasteiger partial charge in [-0.25, -0.2) is 0 Å². The zero-order valence-electron chi connectivity index (χ0n) is 11.5. The highest BCUT2D eigenvalue weighted by Crippen LogP contribution is 2.62. The maximum Gasteiger partial charge on any atom is 0.231 e. The number of benzene rings is 1. The molecule has 0 aromatic heterocycles. The Morgan fingerprint density at radius 1 is 1.17 bits per heavy atom. The molecule has 3 heteroatoms. The molecule has 1 aromatic rings. The molecule has 1 fully saturated rings. The summed E-state index contributed by atoms with van der Waals surface area (Å²) in [5.74, 6) is 1.77. The first kappa shape index (κ1) is 11.8. The van der Waals surface area contributed by atoms with Gasteiger partial charge in [-0.1, -0.05) is 39.8 Å². The third-order valence-electron chi connectivity index (χ3n) is 5.00. The summed E-state index contributed by atoms with van der Waals surface area (Å²) in [6.45, 7) is 10.5. The van der Waals surface area contributed by atoms with E-state index in [1.807, 2.05) is 12.1 Å². The van der Waals surface area contributed by atoms with Crippen LogP contribution in [0.1, 0.15) is 33.3 Å². The Hall–Kier alpha value is -1.22. The lowest BCUT2D eigenvalue weighted by Crippen LogP contribution is -2.21. The van der Waals surface area contributed by atoms with Gasteiger partial charge >= 0.3 is 0 Å². The SMILES string of the molecule is CC1(C)C(NCc2cccc3c2OCO3)C1(C)C. The number of hydrogen-bond donors (Lipinski definition) is 1. The fraction of sp³-hybridized carbons (Fsp3) is 0.600. The largest absolute Gasteiger partial charge is 0.454 e. The molecule has 98 valence electrons. The van der Waals surface area contributed by atoms with E-state index in [0.29, 0.717) is 23.7 Å². The lowest BCUT2D eigenvalue weighted by Gasteiger charge is -2.09. The van der Waals surface area contributed by atoms with Crippen LogP contribution >= 0.6 is 0 Å². The van der Waals surface area contributed by atoms with Gasteiger partial charge in [-0.15, -0.1) is 0 Å². The number of nitrogens with one attached hydrogen (secondary N) is 1. The summed E-state index contributed by atoms with van der Waals surface area (Å²) in [4.78, 5) is 0. The van der Waals surface area contributed by atoms with Gasteiger partial charge < -0.3 is 14.8 Å². The minimum absolute atomic E-state index is 0.340. The van der Waals surface area contributed by atoms with E-state index in [1.54, 1.807) is 0 Å². The van der Waals surface area contributed by atoms with E-state index < -0.39 is 0 Å². The summed E-state index contributed by atoms with van der Waals surface area (Å²) in [5.41, 5.74) is 1.91. The number of ether oxygens (including phenoxy) is 2. The Kier molecular flexibility index (Phi) is 2.39. The number of para-hydroxylation sites is 1. The van der Waals surface area contributed by atoms with Crippen LogP contribution < -0.4 is 14.8 Å². The predicted octanol–water partition coefficient (Wildman–Crippen LogP) is 2.94. The highest BCUT2D eigenvalue weighted by atomic mass is 16.7. The minimum atomic E-state index is 0.340. The molecule has 1 saturated carbocycles. The molecule has 0 radical (unpaired) electrons. The first-order chi connectivity index (χ1) is 8.44. The Balaban J connectivity index is 1.71. The van der Waals surface area contributed by atoms with Crippen LogP contribution in [0.15, 0.2) is 18.2 Å². The predicted molar refractivity (Wildman–Crippen MR) is 70.8 cm³/mol. The Morgan fingerprint density at radius 3 is 2.56 bits per heavy atom. The third kappa shape index (κ3) is 1.53. The van der Waals surface area contributed by atoms with Crippen LogP contribution in [0.3, 0.4) is 0 Å². The highest BCUT2D eigenvalue weighted by Gasteiger charge is 2.64. The van der Waals surface area contributed by atoms with E-state index in [0.717, 1.165) is 18.0 Å². The van der Waals surface area contributed by atoms with Crippen molar-refractivity contribution in [2.45, 2.75) is 40.3 Å². The molecule has 0 atom stereocenters. The smallest absolute Gasteiger partial charge is 0.231 e. The van der Waals surface area contributed by atoms with Crippen LogP contribution in [-0.4, -0.2) is 12.8 Å².